The maximum atomic E-state index is 11.5. The summed E-state index contributed by atoms with van der Waals surface area (Å²) in [6.45, 7) is 0. The van der Waals surface area contributed by atoms with Crippen LogP contribution in [0.2, 0.25) is 5.02 Å². The molecule has 3 N–H and O–H groups in total. The van der Waals surface area contributed by atoms with Gasteiger partial charge in [-0.1, -0.05) is 23.7 Å². The minimum Gasteiger partial charge on any atom is -0.353 e. The predicted octanol–water partition coefficient (Wildman–Crippen LogP) is 2.01. The molecule has 86 valence electrons. The third kappa shape index (κ3) is 3.22. The molecule has 1 fully saturated rings. The second-order valence-electron chi connectivity index (χ2n) is 4.20. The first-order chi connectivity index (χ1) is 7.65. The Bertz CT molecular complexity index is 373. The zero-order valence-electron chi connectivity index (χ0n) is 8.95. The van der Waals surface area contributed by atoms with Crippen LogP contribution in [-0.4, -0.2) is 11.9 Å². The minimum absolute atomic E-state index is 0.0324. The first kappa shape index (κ1) is 11.4. The number of halogens is 1. The number of benzene rings is 1. The molecule has 0 radical (unpaired) electrons. The monoisotopic (exact) mass is 238 g/mol. The lowest BCUT2D eigenvalue weighted by Gasteiger charge is -2.11. The van der Waals surface area contributed by atoms with Gasteiger partial charge in [0.1, 0.15) is 0 Å². The van der Waals surface area contributed by atoms with Crippen LogP contribution < -0.4 is 11.1 Å². The van der Waals surface area contributed by atoms with Gasteiger partial charge in [-0.05, 0) is 30.5 Å². The number of rotatable bonds is 4. The van der Waals surface area contributed by atoms with E-state index in [4.69, 9.17) is 17.3 Å². The summed E-state index contributed by atoms with van der Waals surface area (Å²) < 4.78 is 0. The fourth-order valence-electron chi connectivity index (χ4n) is 1.54. The van der Waals surface area contributed by atoms with Gasteiger partial charge in [-0.3, -0.25) is 4.79 Å². The second-order valence-corrected chi connectivity index (χ2v) is 4.64. The molecular weight excluding hydrogens is 224 g/mol. The molecule has 1 aromatic rings. The smallest absolute Gasteiger partial charge is 0.222 e. The molecular formula is C12H15ClN2O. The molecule has 0 heterocycles. The molecule has 2 rings (SSSR count). The average molecular weight is 239 g/mol. The molecule has 0 aliphatic heterocycles. The number of carbonyl (C=O) groups excluding carboxylic acids is 1. The van der Waals surface area contributed by atoms with Crippen LogP contribution >= 0.6 is 11.6 Å². The van der Waals surface area contributed by atoms with Gasteiger partial charge in [0.15, 0.2) is 0 Å². The molecule has 0 bridgehead atoms. The van der Waals surface area contributed by atoms with Gasteiger partial charge in [0.2, 0.25) is 5.91 Å². The zero-order chi connectivity index (χ0) is 11.5. The van der Waals surface area contributed by atoms with Gasteiger partial charge in [-0.15, -0.1) is 0 Å². The van der Waals surface area contributed by atoms with Gasteiger partial charge < -0.3 is 11.1 Å². The van der Waals surface area contributed by atoms with Crippen LogP contribution in [0.4, 0.5) is 0 Å². The quantitative estimate of drug-likeness (QED) is 0.843. The number of nitrogens with one attached hydrogen (secondary N) is 1. The van der Waals surface area contributed by atoms with E-state index in [-0.39, 0.29) is 11.9 Å². The molecule has 0 spiro atoms. The van der Waals surface area contributed by atoms with Crippen molar-refractivity contribution in [3.05, 3.63) is 34.9 Å². The first-order valence-electron chi connectivity index (χ1n) is 5.45. The number of nitrogens with two attached hydrogens (primary N) is 1. The van der Waals surface area contributed by atoms with Crippen molar-refractivity contribution in [2.45, 2.75) is 31.3 Å². The van der Waals surface area contributed by atoms with Crippen molar-refractivity contribution in [2.24, 2.45) is 5.73 Å². The first-order valence-corrected chi connectivity index (χ1v) is 5.83. The van der Waals surface area contributed by atoms with Crippen molar-refractivity contribution in [3.8, 4) is 0 Å². The van der Waals surface area contributed by atoms with Crippen LogP contribution in [0.25, 0.3) is 0 Å². The van der Waals surface area contributed by atoms with E-state index in [2.05, 4.69) is 5.32 Å². The highest BCUT2D eigenvalue weighted by molar-refractivity contribution is 6.30. The number of hydrogen-bond donors (Lipinski definition) is 2. The molecule has 16 heavy (non-hydrogen) atoms. The molecule has 1 unspecified atom stereocenters. The van der Waals surface area contributed by atoms with Crippen molar-refractivity contribution in [1.82, 2.24) is 5.32 Å². The van der Waals surface area contributed by atoms with Gasteiger partial charge in [0, 0.05) is 23.5 Å². The van der Waals surface area contributed by atoms with Crippen LogP contribution in [0, 0.1) is 0 Å². The van der Waals surface area contributed by atoms with E-state index in [9.17, 15) is 4.79 Å². The Hall–Kier alpha value is -1.06. The van der Waals surface area contributed by atoms with Gasteiger partial charge in [0.25, 0.3) is 0 Å². The maximum absolute atomic E-state index is 11.5. The highest BCUT2D eigenvalue weighted by Crippen LogP contribution is 2.20. The third-order valence-electron chi connectivity index (χ3n) is 2.65. The van der Waals surface area contributed by atoms with Gasteiger partial charge in [0.05, 0.1) is 0 Å². The summed E-state index contributed by atoms with van der Waals surface area (Å²) in [5.74, 6) is 0.0324. The normalized spacial score (nSPS) is 16.9. The van der Waals surface area contributed by atoms with Crippen LogP contribution in [0.3, 0.4) is 0 Å². The summed E-state index contributed by atoms with van der Waals surface area (Å²) in [4.78, 5) is 11.5. The molecule has 3 nitrogen and oxygen atoms in total. The van der Waals surface area contributed by atoms with Gasteiger partial charge in [-0.2, -0.15) is 0 Å². The van der Waals surface area contributed by atoms with Crippen LogP contribution in [0.15, 0.2) is 24.3 Å². The van der Waals surface area contributed by atoms with E-state index in [0.717, 1.165) is 18.4 Å². The Morgan fingerprint density at radius 1 is 1.44 bits per heavy atom. The fourth-order valence-corrected chi connectivity index (χ4v) is 1.67. The lowest BCUT2D eigenvalue weighted by molar-refractivity contribution is -0.121. The SMILES string of the molecule is NC(CC(=O)NC1CC1)c1ccc(Cl)cc1. The maximum Gasteiger partial charge on any atom is 0.222 e. The molecule has 1 atom stereocenters. The Morgan fingerprint density at radius 3 is 2.62 bits per heavy atom. The summed E-state index contributed by atoms with van der Waals surface area (Å²) in [6.07, 6.45) is 2.53. The van der Waals surface area contributed by atoms with E-state index < -0.39 is 0 Å². The van der Waals surface area contributed by atoms with Crippen molar-refractivity contribution in [2.75, 3.05) is 0 Å². The molecule has 1 aliphatic carbocycles. The van der Waals surface area contributed by atoms with E-state index in [0.29, 0.717) is 17.5 Å². The van der Waals surface area contributed by atoms with Crippen molar-refractivity contribution < 1.29 is 4.79 Å². The summed E-state index contributed by atoms with van der Waals surface area (Å²) in [7, 11) is 0. The Morgan fingerprint density at radius 2 is 2.06 bits per heavy atom. The summed E-state index contributed by atoms with van der Waals surface area (Å²) >= 11 is 5.78. The highest BCUT2D eigenvalue weighted by atomic mass is 35.5. The zero-order valence-corrected chi connectivity index (χ0v) is 9.70. The standard InChI is InChI=1S/C12H15ClN2O/c13-9-3-1-8(2-4-9)11(14)7-12(16)15-10-5-6-10/h1-4,10-11H,5-7,14H2,(H,15,16). The molecule has 0 aromatic heterocycles. The van der Waals surface area contributed by atoms with Crippen molar-refractivity contribution in [3.63, 3.8) is 0 Å². The van der Waals surface area contributed by atoms with E-state index in [1.165, 1.54) is 0 Å². The van der Waals surface area contributed by atoms with E-state index in [1.54, 1.807) is 12.1 Å². The summed E-state index contributed by atoms with van der Waals surface area (Å²) in [5.41, 5.74) is 6.88. The topological polar surface area (TPSA) is 55.1 Å². The molecule has 0 saturated heterocycles. The van der Waals surface area contributed by atoms with Crippen LogP contribution in [-0.2, 0) is 4.79 Å². The lowest BCUT2D eigenvalue weighted by Crippen LogP contribution is -2.29. The summed E-state index contributed by atoms with van der Waals surface area (Å²) in [6, 6.07) is 7.43. The molecule has 1 amide bonds. The second kappa shape index (κ2) is 4.85. The molecule has 1 aliphatic rings. The highest BCUT2D eigenvalue weighted by Gasteiger charge is 2.24. The molecule has 1 aromatic carbocycles. The molecule has 1 saturated carbocycles. The average Bonchev–Trinajstić information content (AvgIpc) is 3.02. The Labute approximate surface area is 100.0 Å². The minimum atomic E-state index is -0.254. The lowest BCUT2D eigenvalue weighted by atomic mass is 10.0. The Balaban J connectivity index is 1.88. The van der Waals surface area contributed by atoms with Crippen molar-refractivity contribution in [1.29, 1.82) is 0 Å². The number of carbonyl (C=O) groups is 1. The van der Waals surface area contributed by atoms with Gasteiger partial charge in [-0.25, -0.2) is 0 Å². The van der Waals surface area contributed by atoms with Crippen LogP contribution in [0.1, 0.15) is 30.9 Å². The molecule has 4 heteroatoms. The van der Waals surface area contributed by atoms with E-state index in [1.807, 2.05) is 12.1 Å². The van der Waals surface area contributed by atoms with Crippen molar-refractivity contribution >= 4 is 17.5 Å². The van der Waals surface area contributed by atoms with Gasteiger partial charge >= 0.3 is 0 Å². The number of amides is 1. The van der Waals surface area contributed by atoms with Crippen LogP contribution in [0.5, 0.6) is 0 Å². The fraction of sp³-hybridized carbons (Fsp3) is 0.417. The Kier molecular flexibility index (Phi) is 3.46. The largest absolute Gasteiger partial charge is 0.353 e. The number of hydrogen-bond acceptors (Lipinski definition) is 2. The summed E-state index contributed by atoms with van der Waals surface area (Å²) in [5, 5.41) is 3.60. The van der Waals surface area contributed by atoms with E-state index >= 15 is 0 Å². The predicted molar refractivity (Wildman–Crippen MR) is 64.2 cm³/mol. The third-order valence-corrected chi connectivity index (χ3v) is 2.90.